The Bertz CT molecular complexity index is 1290. The first-order valence-electron chi connectivity index (χ1n) is 14.1. The lowest BCUT2D eigenvalue weighted by molar-refractivity contribution is -0.142. The Morgan fingerprint density at radius 2 is 1.67 bits per heavy atom. The molecule has 1 atom stereocenters. The summed E-state index contributed by atoms with van der Waals surface area (Å²) < 4.78 is 45.9. The number of ether oxygens (including phenoxy) is 1. The van der Waals surface area contributed by atoms with E-state index in [0.29, 0.717) is 50.3 Å². The molecule has 2 aliphatic rings. The van der Waals surface area contributed by atoms with Crippen molar-refractivity contribution >= 4 is 29.1 Å². The maximum atomic E-state index is 13.5. The fraction of sp³-hybridized carbons (Fsp3) is 0.500. The van der Waals surface area contributed by atoms with Gasteiger partial charge in [0.15, 0.2) is 6.61 Å². The molecular weight excluding hydrogens is 553 g/mol. The van der Waals surface area contributed by atoms with Gasteiger partial charge in [0.2, 0.25) is 5.91 Å². The molecule has 0 radical (unpaired) electrons. The minimum absolute atomic E-state index is 0.0310. The number of hydrogen-bond acceptors (Lipinski definition) is 6. The zero-order valence-corrected chi connectivity index (χ0v) is 23.6. The van der Waals surface area contributed by atoms with Crippen LogP contribution in [0, 0.1) is 5.92 Å². The minimum atomic E-state index is -4.70. The van der Waals surface area contributed by atoms with Crippen LogP contribution in [-0.2, 0) is 27.0 Å². The van der Waals surface area contributed by atoms with E-state index in [1.165, 1.54) is 13.0 Å². The first-order valence-corrected chi connectivity index (χ1v) is 14.1. The topological polar surface area (TPSA) is 125 Å². The third kappa shape index (κ3) is 7.53. The Morgan fingerprint density at radius 3 is 2.31 bits per heavy atom. The van der Waals surface area contributed by atoms with Gasteiger partial charge in [-0.15, -0.1) is 0 Å². The molecule has 1 aliphatic heterocycles. The smallest absolute Gasteiger partial charge is 0.418 e. The summed E-state index contributed by atoms with van der Waals surface area (Å²) in [6, 6.07) is 9.83. The quantitative estimate of drug-likeness (QED) is 0.401. The van der Waals surface area contributed by atoms with Crippen LogP contribution in [0.1, 0.15) is 50.2 Å². The summed E-state index contributed by atoms with van der Waals surface area (Å²) in [6.07, 6.45) is -0.971. The summed E-state index contributed by atoms with van der Waals surface area (Å²) in [5, 5.41) is 14.3. The highest BCUT2D eigenvalue weighted by atomic mass is 19.4. The summed E-state index contributed by atoms with van der Waals surface area (Å²) in [6.45, 7) is 3.05. The van der Waals surface area contributed by atoms with Gasteiger partial charge in [0.1, 0.15) is 11.4 Å². The number of nitrogens with one attached hydrogen (secondary N) is 1. The summed E-state index contributed by atoms with van der Waals surface area (Å²) in [7, 11) is 0. The first-order chi connectivity index (χ1) is 19.9. The highest BCUT2D eigenvalue weighted by molar-refractivity contribution is 5.98. The van der Waals surface area contributed by atoms with Crippen LogP contribution in [0.3, 0.4) is 0 Å². The molecule has 2 aromatic carbocycles. The molecular formula is C30H37F3N4O5. The van der Waals surface area contributed by atoms with Crippen molar-refractivity contribution < 1.29 is 37.4 Å². The van der Waals surface area contributed by atoms with E-state index < -0.39 is 34.9 Å². The van der Waals surface area contributed by atoms with Gasteiger partial charge >= 0.3 is 6.18 Å². The molecule has 1 saturated carbocycles. The van der Waals surface area contributed by atoms with Gasteiger partial charge < -0.3 is 30.7 Å². The molecule has 42 heavy (non-hydrogen) atoms. The number of amides is 3. The number of carbonyl (C=O) groups excluding carboxylic acids is 3. The number of anilines is 2. The second-order valence-electron chi connectivity index (χ2n) is 11.0. The summed E-state index contributed by atoms with van der Waals surface area (Å²) in [5.41, 5.74) is 2.53. The van der Waals surface area contributed by atoms with Gasteiger partial charge in [0, 0.05) is 50.9 Å². The lowest BCUT2D eigenvalue weighted by Crippen LogP contribution is -2.51. The number of hydrogen-bond donors (Lipinski definition) is 3. The van der Waals surface area contributed by atoms with E-state index in [9.17, 15) is 32.7 Å². The monoisotopic (exact) mass is 590 g/mol. The summed E-state index contributed by atoms with van der Waals surface area (Å²) >= 11 is 0. The number of nitrogen functional groups attached to an aromatic ring is 1. The standard InChI is InChI=1S/C30H37F3N4O5/c1-20(38)36-12-14-37(15-13-36)27(39)19-42-24-9-5-6-21(16-24)18-29(41,22-7-3-2-4-8-22)28(40)35-23-10-11-26(34)25(17-23)30(31,32)33/h5-6,9-11,16-17,22,41H,2-4,7-8,12-15,18-19,34H2,1H3,(H,35,40). The number of nitrogens with zero attached hydrogens (tertiary/aromatic N) is 2. The zero-order chi connectivity index (χ0) is 30.5. The fourth-order valence-corrected chi connectivity index (χ4v) is 5.67. The predicted octanol–water partition coefficient (Wildman–Crippen LogP) is 3.85. The Labute approximate surface area is 242 Å². The maximum absolute atomic E-state index is 13.5. The number of benzene rings is 2. The van der Waals surface area contributed by atoms with Crippen molar-refractivity contribution in [2.45, 2.75) is 57.2 Å². The average Bonchev–Trinajstić information content (AvgIpc) is 2.97. The average molecular weight is 591 g/mol. The Balaban J connectivity index is 1.46. The third-order valence-corrected chi connectivity index (χ3v) is 8.10. The molecule has 2 aromatic rings. The van der Waals surface area contributed by atoms with Crippen LogP contribution in [0.25, 0.3) is 0 Å². The van der Waals surface area contributed by atoms with Gasteiger partial charge in [-0.25, -0.2) is 0 Å². The van der Waals surface area contributed by atoms with Crippen LogP contribution in [-0.4, -0.2) is 71.0 Å². The number of halogens is 3. The number of alkyl halides is 3. The molecule has 228 valence electrons. The number of nitrogens with two attached hydrogens (primary N) is 1. The number of rotatable bonds is 8. The van der Waals surface area contributed by atoms with E-state index in [1.54, 1.807) is 34.1 Å². The van der Waals surface area contributed by atoms with Gasteiger partial charge in [-0.1, -0.05) is 31.4 Å². The molecule has 0 aromatic heterocycles. The molecule has 1 aliphatic carbocycles. The second kappa shape index (κ2) is 13.0. The molecule has 2 fully saturated rings. The van der Waals surface area contributed by atoms with Crippen molar-refractivity contribution in [3.8, 4) is 5.75 Å². The molecule has 1 saturated heterocycles. The molecule has 1 heterocycles. The Morgan fingerprint density at radius 1 is 1.00 bits per heavy atom. The summed E-state index contributed by atoms with van der Waals surface area (Å²) in [4.78, 5) is 41.0. The van der Waals surface area contributed by atoms with Crippen molar-refractivity contribution in [1.29, 1.82) is 0 Å². The molecule has 4 N–H and O–H groups in total. The van der Waals surface area contributed by atoms with E-state index >= 15 is 0 Å². The zero-order valence-electron chi connectivity index (χ0n) is 23.6. The van der Waals surface area contributed by atoms with Crippen LogP contribution < -0.4 is 15.8 Å². The van der Waals surface area contributed by atoms with E-state index in [2.05, 4.69) is 5.32 Å². The van der Waals surface area contributed by atoms with Crippen molar-refractivity contribution in [2.24, 2.45) is 5.92 Å². The Hall–Kier alpha value is -3.80. The van der Waals surface area contributed by atoms with Crippen molar-refractivity contribution in [3.63, 3.8) is 0 Å². The number of carbonyl (C=O) groups is 3. The summed E-state index contributed by atoms with van der Waals surface area (Å²) in [5.74, 6) is -1.07. The van der Waals surface area contributed by atoms with Crippen molar-refractivity contribution in [1.82, 2.24) is 9.80 Å². The van der Waals surface area contributed by atoms with Crippen LogP contribution >= 0.6 is 0 Å². The van der Waals surface area contributed by atoms with Gasteiger partial charge in [-0.3, -0.25) is 14.4 Å². The third-order valence-electron chi connectivity index (χ3n) is 8.10. The van der Waals surface area contributed by atoms with Crippen LogP contribution in [0.5, 0.6) is 5.75 Å². The Kier molecular flexibility index (Phi) is 9.65. The van der Waals surface area contributed by atoms with Crippen LogP contribution in [0.15, 0.2) is 42.5 Å². The fourth-order valence-electron chi connectivity index (χ4n) is 5.67. The van der Waals surface area contributed by atoms with Gasteiger partial charge in [0.05, 0.1) is 5.56 Å². The van der Waals surface area contributed by atoms with Crippen molar-refractivity contribution in [3.05, 3.63) is 53.6 Å². The second-order valence-corrected chi connectivity index (χ2v) is 11.0. The van der Waals surface area contributed by atoms with Gasteiger partial charge in [-0.2, -0.15) is 13.2 Å². The maximum Gasteiger partial charge on any atom is 0.418 e. The van der Waals surface area contributed by atoms with Crippen LogP contribution in [0.2, 0.25) is 0 Å². The predicted molar refractivity (Wildman–Crippen MR) is 150 cm³/mol. The molecule has 0 bridgehead atoms. The van der Waals surface area contributed by atoms with Gasteiger partial charge in [0.25, 0.3) is 11.8 Å². The van der Waals surface area contributed by atoms with E-state index in [0.717, 1.165) is 31.4 Å². The molecule has 1 unspecified atom stereocenters. The van der Waals surface area contributed by atoms with Gasteiger partial charge in [-0.05, 0) is 54.7 Å². The SMILES string of the molecule is CC(=O)N1CCN(C(=O)COc2cccc(CC(O)(C(=O)Nc3ccc(N)c(C(F)(F)F)c3)C3CCCCC3)c2)CC1. The van der Waals surface area contributed by atoms with E-state index in [-0.39, 0.29) is 30.5 Å². The lowest BCUT2D eigenvalue weighted by Gasteiger charge is -2.37. The van der Waals surface area contributed by atoms with E-state index in [4.69, 9.17) is 10.5 Å². The van der Waals surface area contributed by atoms with Crippen molar-refractivity contribution in [2.75, 3.05) is 43.8 Å². The highest BCUT2D eigenvalue weighted by Crippen LogP contribution is 2.38. The van der Waals surface area contributed by atoms with E-state index in [1.807, 2.05) is 0 Å². The minimum Gasteiger partial charge on any atom is -0.484 e. The largest absolute Gasteiger partial charge is 0.484 e. The normalized spacial score (nSPS) is 17.8. The number of aliphatic hydroxyl groups is 1. The lowest BCUT2D eigenvalue weighted by atomic mass is 9.73. The molecule has 4 rings (SSSR count). The molecule has 9 nitrogen and oxygen atoms in total. The number of piperazine rings is 1. The first kappa shape index (κ1) is 31.1. The highest BCUT2D eigenvalue weighted by Gasteiger charge is 2.44. The molecule has 12 heteroatoms. The van der Waals surface area contributed by atoms with Crippen LogP contribution in [0.4, 0.5) is 24.5 Å². The molecule has 0 spiro atoms. The molecule has 3 amide bonds.